The van der Waals surface area contributed by atoms with E-state index in [4.69, 9.17) is 10.8 Å². The summed E-state index contributed by atoms with van der Waals surface area (Å²) in [6.45, 7) is 2.19. The van der Waals surface area contributed by atoms with E-state index < -0.39 is 0 Å². The van der Waals surface area contributed by atoms with Crippen molar-refractivity contribution in [3.8, 4) is 0 Å². The van der Waals surface area contributed by atoms with E-state index in [-0.39, 0.29) is 18.6 Å². The van der Waals surface area contributed by atoms with E-state index in [0.29, 0.717) is 0 Å². The van der Waals surface area contributed by atoms with Crippen molar-refractivity contribution in [2.75, 3.05) is 6.61 Å². The maximum atomic E-state index is 9.12. The Labute approximate surface area is 93.3 Å². The lowest BCUT2D eigenvalue weighted by Crippen LogP contribution is -2.23. The van der Waals surface area contributed by atoms with Gasteiger partial charge in [0.05, 0.1) is 0 Å². The van der Waals surface area contributed by atoms with Gasteiger partial charge >= 0.3 is 0 Å². The Morgan fingerprint density at radius 2 is 1.93 bits per heavy atom. The van der Waals surface area contributed by atoms with E-state index in [1.54, 1.807) is 0 Å². The molecule has 0 aliphatic rings. The van der Waals surface area contributed by atoms with Crippen molar-refractivity contribution < 1.29 is 5.11 Å². The molecule has 3 heteroatoms. The van der Waals surface area contributed by atoms with Crippen molar-refractivity contribution in [3.05, 3.63) is 34.3 Å². The maximum Gasteiger partial charge on any atom is 0.0477 e. The number of benzene rings is 1. The van der Waals surface area contributed by atoms with Crippen LogP contribution in [-0.4, -0.2) is 11.7 Å². The third-order valence-corrected chi connectivity index (χ3v) is 3.05. The molecule has 0 saturated heterocycles. The minimum Gasteiger partial charge on any atom is -0.396 e. The molecule has 0 radical (unpaired) electrons. The second-order valence-electron chi connectivity index (χ2n) is 3.43. The van der Waals surface area contributed by atoms with Gasteiger partial charge in [-0.2, -0.15) is 0 Å². The van der Waals surface area contributed by atoms with Crippen LogP contribution in [0.15, 0.2) is 28.7 Å². The van der Waals surface area contributed by atoms with Crippen molar-refractivity contribution in [1.82, 2.24) is 0 Å². The second kappa shape index (κ2) is 5.49. The van der Waals surface area contributed by atoms with Crippen molar-refractivity contribution in [1.29, 1.82) is 0 Å². The van der Waals surface area contributed by atoms with Gasteiger partial charge in [-0.25, -0.2) is 0 Å². The molecule has 0 heterocycles. The van der Waals surface area contributed by atoms with Gasteiger partial charge in [0.2, 0.25) is 0 Å². The molecule has 1 rings (SSSR count). The molecule has 1 aromatic carbocycles. The van der Waals surface area contributed by atoms with Gasteiger partial charge in [-0.1, -0.05) is 35.0 Å². The zero-order valence-corrected chi connectivity index (χ0v) is 9.87. The van der Waals surface area contributed by atoms with Crippen LogP contribution in [0.25, 0.3) is 0 Å². The average molecular weight is 258 g/mol. The highest BCUT2D eigenvalue weighted by molar-refractivity contribution is 9.10. The van der Waals surface area contributed by atoms with Gasteiger partial charge in [0.25, 0.3) is 0 Å². The first-order chi connectivity index (χ1) is 6.69. The second-order valence-corrected chi connectivity index (χ2v) is 4.34. The lowest BCUT2D eigenvalue weighted by molar-refractivity contribution is 0.200. The van der Waals surface area contributed by atoms with Crippen LogP contribution < -0.4 is 5.73 Å². The summed E-state index contributed by atoms with van der Waals surface area (Å²) in [6.07, 6.45) is 0.897. The molecule has 0 aliphatic heterocycles. The summed E-state index contributed by atoms with van der Waals surface area (Å²) >= 11 is 3.38. The van der Waals surface area contributed by atoms with Crippen molar-refractivity contribution >= 4 is 15.9 Å². The lowest BCUT2D eigenvalue weighted by atomic mass is 9.92. The molecule has 0 aromatic heterocycles. The summed E-state index contributed by atoms with van der Waals surface area (Å²) in [5.74, 6) is 0.149. The van der Waals surface area contributed by atoms with Crippen LogP contribution in [0.3, 0.4) is 0 Å². The Morgan fingerprint density at radius 3 is 2.36 bits per heavy atom. The third kappa shape index (κ3) is 2.80. The Balaban J connectivity index is 2.77. The summed E-state index contributed by atoms with van der Waals surface area (Å²) in [7, 11) is 0. The van der Waals surface area contributed by atoms with Crippen LogP contribution in [0.1, 0.15) is 24.9 Å². The van der Waals surface area contributed by atoms with Gasteiger partial charge < -0.3 is 10.8 Å². The number of halogens is 1. The van der Waals surface area contributed by atoms with Gasteiger partial charge in [-0.15, -0.1) is 0 Å². The molecular formula is C11H16BrNO. The van der Waals surface area contributed by atoms with E-state index in [0.717, 1.165) is 16.5 Å². The van der Waals surface area contributed by atoms with Crippen molar-refractivity contribution in [2.24, 2.45) is 11.7 Å². The van der Waals surface area contributed by atoms with E-state index >= 15 is 0 Å². The summed E-state index contributed by atoms with van der Waals surface area (Å²) in [5, 5.41) is 9.12. The highest BCUT2D eigenvalue weighted by Crippen LogP contribution is 2.23. The van der Waals surface area contributed by atoms with E-state index in [9.17, 15) is 0 Å². The average Bonchev–Trinajstić information content (AvgIpc) is 2.20. The van der Waals surface area contributed by atoms with Gasteiger partial charge in [-0.05, 0) is 24.1 Å². The summed E-state index contributed by atoms with van der Waals surface area (Å²) < 4.78 is 1.05. The fourth-order valence-corrected chi connectivity index (χ4v) is 1.72. The topological polar surface area (TPSA) is 46.2 Å². The van der Waals surface area contributed by atoms with Crippen molar-refractivity contribution in [3.63, 3.8) is 0 Å². The highest BCUT2D eigenvalue weighted by atomic mass is 79.9. The SMILES string of the molecule is CCC(CO)C(N)c1ccc(Br)cc1. The third-order valence-electron chi connectivity index (χ3n) is 2.52. The molecule has 0 aliphatic carbocycles. The van der Waals surface area contributed by atoms with Crippen LogP contribution in [-0.2, 0) is 0 Å². The normalized spacial score (nSPS) is 15.1. The lowest BCUT2D eigenvalue weighted by Gasteiger charge is -2.20. The molecule has 0 fully saturated rings. The Kier molecular flexibility index (Phi) is 4.58. The standard InChI is InChI=1S/C11H16BrNO/c1-2-8(7-14)11(13)9-3-5-10(12)6-4-9/h3-6,8,11,14H,2,7,13H2,1H3. The number of hydrogen-bond acceptors (Lipinski definition) is 2. The minimum absolute atomic E-state index is 0.0712. The van der Waals surface area contributed by atoms with Gasteiger partial charge in [0.15, 0.2) is 0 Å². The molecule has 14 heavy (non-hydrogen) atoms. The van der Waals surface area contributed by atoms with E-state index in [1.807, 2.05) is 31.2 Å². The number of aliphatic hydroxyl groups is 1. The first-order valence-electron chi connectivity index (χ1n) is 4.81. The molecular weight excluding hydrogens is 242 g/mol. The minimum atomic E-state index is -0.0712. The molecule has 0 spiro atoms. The molecule has 0 bridgehead atoms. The smallest absolute Gasteiger partial charge is 0.0477 e. The molecule has 2 unspecified atom stereocenters. The molecule has 0 saturated carbocycles. The Bertz CT molecular complexity index is 269. The molecule has 2 nitrogen and oxygen atoms in total. The van der Waals surface area contributed by atoms with Crippen LogP contribution in [0.2, 0.25) is 0 Å². The fraction of sp³-hybridized carbons (Fsp3) is 0.455. The van der Waals surface area contributed by atoms with Crippen LogP contribution in [0, 0.1) is 5.92 Å². The van der Waals surface area contributed by atoms with Crippen LogP contribution in [0.5, 0.6) is 0 Å². The molecule has 3 N–H and O–H groups in total. The number of rotatable bonds is 4. The number of nitrogens with two attached hydrogens (primary N) is 1. The summed E-state index contributed by atoms with van der Waals surface area (Å²) in [5.41, 5.74) is 7.11. The summed E-state index contributed by atoms with van der Waals surface area (Å²) in [4.78, 5) is 0. The molecule has 2 atom stereocenters. The predicted octanol–water partition coefficient (Wildman–Crippen LogP) is 2.47. The number of aliphatic hydroxyl groups excluding tert-OH is 1. The van der Waals surface area contributed by atoms with Gasteiger partial charge in [-0.3, -0.25) is 0 Å². The highest BCUT2D eigenvalue weighted by Gasteiger charge is 2.16. The zero-order valence-electron chi connectivity index (χ0n) is 8.28. The maximum absolute atomic E-state index is 9.12. The monoisotopic (exact) mass is 257 g/mol. The quantitative estimate of drug-likeness (QED) is 0.871. The van der Waals surface area contributed by atoms with Crippen LogP contribution in [0.4, 0.5) is 0 Å². The van der Waals surface area contributed by atoms with E-state index in [1.165, 1.54) is 0 Å². The van der Waals surface area contributed by atoms with Gasteiger partial charge in [0, 0.05) is 23.0 Å². The van der Waals surface area contributed by atoms with Crippen LogP contribution >= 0.6 is 15.9 Å². The fourth-order valence-electron chi connectivity index (χ4n) is 1.45. The van der Waals surface area contributed by atoms with Gasteiger partial charge in [0.1, 0.15) is 0 Å². The number of hydrogen-bond donors (Lipinski definition) is 2. The first-order valence-corrected chi connectivity index (χ1v) is 5.60. The predicted molar refractivity (Wildman–Crippen MR) is 61.9 cm³/mol. The van der Waals surface area contributed by atoms with Crippen molar-refractivity contribution in [2.45, 2.75) is 19.4 Å². The Morgan fingerprint density at radius 1 is 1.36 bits per heavy atom. The first kappa shape index (κ1) is 11.7. The molecule has 78 valence electrons. The Hall–Kier alpha value is -0.380. The largest absolute Gasteiger partial charge is 0.396 e. The zero-order chi connectivity index (χ0) is 10.6. The molecule has 0 amide bonds. The molecule has 1 aromatic rings. The summed E-state index contributed by atoms with van der Waals surface area (Å²) in [6, 6.07) is 7.86. The van der Waals surface area contributed by atoms with E-state index in [2.05, 4.69) is 15.9 Å².